The van der Waals surface area contributed by atoms with Crippen molar-refractivity contribution in [1.82, 2.24) is 9.97 Å². The van der Waals surface area contributed by atoms with E-state index < -0.39 is 16.9 Å². The molecule has 62 heavy (non-hydrogen) atoms. The molecule has 0 spiro atoms. The third-order valence-corrected chi connectivity index (χ3v) is 11.2. The van der Waals surface area contributed by atoms with Gasteiger partial charge >= 0.3 is 23.9 Å². The lowest BCUT2D eigenvalue weighted by atomic mass is 9.73. The number of halogens is 1. The average Bonchev–Trinajstić information content (AvgIpc) is 3.23. The lowest BCUT2D eigenvalue weighted by Crippen LogP contribution is -2.35. The van der Waals surface area contributed by atoms with E-state index in [1.54, 1.807) is 26.8 Å². The molecule has 0 N–H and O–H groups in total. The van der Waals surface area contributed by atoms with Gasteiger partial charge in [0.25, 0.3) is 0 Å². The Morgan fingerprint density at radius 2 is 1.11 bits per heavy atom. The standard InChI is InChI=1S/C24H27NO5.C13H12BrNO2.C11H16O3.CH4/c1-4-29-23(28)24(13-10-20(27)11-14-24)12-9-18-5-6-19-7-8-21(25-22(19)15-18)16(2)30-17(3)26;1-8(17-9(2)16)12-6-4-10-3-5-11(14)7-13(10)15-12;1-3-11(10(13)14-4-2)7-5-9(12)6-8-11;/h5-9,12,15-16H,4,10-11,13-14H2,1-3H3;3-8H,1-2H3;3H,1,4-8H2,2H3;1H4/b12-9+;;;/t16-;8-;;/m11../s1. The molecule has 2 aliphatic rings. The molecule has 0 bridgehead atoms. The van der Waals surface area contributed by atoms with Crippen molar-refractivity contribution in [1.29, 1.82) is 0 Å². The van der Waals surface area contributed by atoms with Crippen LogP contribution in [0.3, 0.4) is 0 Å². The number of aromatic nitrogens is 2. The van der Waals surface area contributed by atoms with Gasteiger partial charge in [0.15, 0.2) is 0 Å². The SMILES string of the molecule is C.C=CC1(C(=O)OCC)CCC(=O)CC1.CC(=O)O[C@H](C)c1ccc2ccc(Br)cc2n1.CCOC(=O)C1(/C=C/c2ccc3ccc([C@@H](C)OC(C)=O)nc3c2)CCC(=O)CC1. The monoisotopic (exact) mass is 914 g/mol. The summed E-state index contributed by atoms with van der Waals surface area (Å²) in [5.41, 5.74) is 2.61. The Balaban J connectivity index is 0.000000271. The molecular formula is C49H59BrN2O10. The molecule has 6 rings (SSSR count). The minimum atomic E-state index is -0.766. The highest BCUT2D eigenvalue weighted by molar-refractivity contribution is 9.10. The number of hydrogen-bond donors (Lipinski definition) is 0. The Bertz CT molecular complexity index is 2270. The highest BCUT2D eigenvalue weighted by atomic mass is 79.9. The summed E-state index contributed by atoms with van der Waals surface area (Å²) in [7, 11) is 0. The van der Waals surface area contributed by atoms with Gasteiger partial charge in [-0.1, -0.05) is 71.9 Å². The molecule has 2 heterocycles. The number of fused-ring (bicyclic) bond motifs is 2. The van der Waals surface area contributed by atoms with Crippen LogP contribution in [0, 0.1) is 10.8 Å². The number of nitrogens with zero attached hydrogens (tertiary/aromatic N) is 2. The van der Waals surface area contributed by atoms with Gasteiger partial charge in [-0.05, 0) is 89.3 Å². The van der Waals surface area contributed by atoms with E-state index in [2.05, 4.69) is 32.5 Å². The topological polar surface area (TPSA) is 165 Å². The second kappa shape index (κ2) is 23.6. The predicted octanol–water partition coefficient (Wildman–Crippen LogP) is 10.7. The fourth-order valence-corrected chi connectivity index (χ4v) is 7.47. The van der Waals surface area contributed by atoms with E-state index in [0.29, 0.717) is 70.3 Å². The summed E-state index contributed by atoms with van der Waals surface area (Å²) in [5.74, 6) is -0.739. The summed E-state index contributed by atoms with van der Waals surface area (Å²) in [5, 5.41) is 2.03. The van der Waals surface area contributed by atoms with Gasteiger partial charge in [-0.3, -0.25) is 28.8 Å². The molecule has 2 saturated carbocycles. The maximum atomic E-state index is 12.6. The van der Waals surface area contributed by atoms with Crippen LogP contribution < -0.4 is 0 Å². The maximum absolute atomic E-state index is 12.6. The van der Waals surface area contributed by atoms with Crippen LogP contribution in [0.1, 0.15) is 129 Å². The van der Waals surface area contributed by atoms with E-state index in [-0.39, 0.29) is 49.0 Å². The predicted molar refractivity (Wildman–Crippen MR) is 243 cm³/mol. The number of carbonyl (C=O) groups excluding carboxylic acids is 6. The van der Waals surface area contributed by atoms with Crippen molar-refractivity contribution in [2.24, 2.45) is 10.8 Å². The number of rotatable bonds is 11. The van der Waals surface area contributed by atoms with Crippen LogP contribution in [-0.2, 0) is 47.7 Å². The van der Waals surface area contributed by atoms with E-state index in [1.165, 1.54) is 13.8 Å². The number of esters is 4. The van der Waals surface area contributed by atoms with Crippen molar-refractivity contribution < 1.29 is 47.7 Å². The first-order valence-corrected chi connectivity index (χ1v) is 21.3. The lowest BCUT2D eigenvalue weighted by Gasteiger charge is -2.31. The van der Waals surface area contributed by atoms with Crippen molar-refractivity contribution in [3.05, 3.63) is 101 Å². The summed E-state index contributed by atoms with van der Waals surface area (Å²) < 4.78 is 21.6. The largest absolute Gasteiger partial charge is 0.465 e. The van der Waals surface area contributed by atoms with Gasteiger partial charge in [-0.25, -0.2) is 9.97 Å². The number of ketones is 2. The molecule has 2 aromatic heterocycles. The second-order valence-electron chi connectivity index (χ2n) is 15.1. The Morgan fingerprint density at radius 3 is 1.56 bits per heavy atom. The average molecular weight is 916 g/mol. The van der Waals surface area contributed by atoms with Crippen molar-refractivity contribution in [2.75, 3.05) is 13.2 Å². The molecule has 12 nitrogen and oxygen atoms in total. The second-order valence-corrected chi connectivity index (χ2v) is 16.0. The summed E-state index contributed by atoms with van der Waals surface area (Å²) in [6.45, 7) is 14.3. The molecule has 0 radical (unpaired) electrons. The smallest absolute Gasteiger partial charge is 0.315 e. The number of carbonyl (C=O) groups is 6. The van der Waals surface area contributed by atoms with Crippen LogP contribution in [0.15, 0.2) is 83.9 Å². The fourth-order valence-electron chi connectivity index (χ4n) is 7.12. The zero-order valence-electron chi connectivity index (χ0n) is 35.8. The van der Waals surface area contributed by atoms with Crippen LogP contribution >= 0.6 is 15.9 Å². The highest BCUT2D eigenvalue weighted by Gasteiger charge is 2.41. The number of pyridine rings is 2. The number of benzene rings is 2. The Morgan fingerprint density at radius 1 is 0.694 bits per heavy atom. The van der Waals surface area contributed by atoms with Gasteiger partial charge in [-0.15, -0.1) is 6.58 Å². The molecule has 2 atom stereocenters. The van der Waals surface area contributed by atoms with Gasteiger partial charge in [-0.2, -0.15) is 0 Å². The quantitative estimate of drug-likeness (QED) is 0.0795. The molecule has 332 valence electrons. The first-order chi connectivity index (χ1) is 29.0. The Kier molecular flexibility index (Phi) is 19.3. The first-order valence-electron chi connectivity index (χ1n) is 20.6. The molecule has 13 heteroatoms. The van der Waals surface area contributed by atoms with E-state index in [4.69, 9.17) is 18.9 Å². The molecule has 2 aliphatic carbocycles. The Labute approximate surface area is 373 Å². The molecule has 0 amide bonds. The van der Waals surface area contributed by atoms with E-state index >= 15 is 0 Å². The normalized spacial score (nSPS) is 16.2. The van der Waals surface area contributed by atoms with Gasteiger partial charge in [0.2, 0.25) is 0 Å². The zero-order chi connectivity index (χ0) is 44.7. The number of hydrogen-bond acceptors (Lipinski definition) is 12. The first kappa shape index (κ1) is 50.8. The summed E-state index contributed by atoms with van der Waals surface area (Å²) in [4.78, 5) is 78.2. The molecule has 4 aromatic rings. The minimum absolute atomic E-state index is 0. The minimum Gasteiger partial charge on any atom is -0.465 e. The van der Waals surface area contributed by atoms with Crippen LogP contribution in [-0.4, -0.2) is 58.6 Å². The number of ether oxygens (including phenoxy) is 4. The molecule has 2 aromatic carbocycles. The molecule has 0 unspecified atom stereocenters. The number of Topliss-reactive ketones (excluding diaryl/α,β-unsaturated/α-hetero) is 2. The van der Waals surface area contributed by atoms with Gasteiger partial charge in [0.1, 0.15) is 23.8 Å². The summed E-state index contributed by atoms with van der Waals surface area (Å²) in [6.07, 6.45) is 8.40. The van der Waals surface area contributed by atoms with E-state index in [1.807, 2.05) is 79.7 Å². The maximum Gasteiger partial charge on any atom is 0.315 e. The van der Waals surface area contributed by atoms with Crippen molar-refractivity contribution in [2.45, 2.75) is 113 Å². The zero-order valence-corrected chi connectivity index (χ0v) is 37.4. The molecule has 2 fully saturated rings. The van der Waals surface area contributed by atoms with Crippen LogP contribution in [0.5, 0.6) is 0 Å². The molecule has 0 saturated heterocycles. The van der Waals surface area contributed by atoms with Crippen LogP contribution in [0.2, 0.25) is 0 Å². The van der Waals surface area contributed by atoms with Gasteiger partial charge in [0, 0.05) is 54.8 Å². The third kappa shape index (κ3) is 14.0. The highest BCUT2D eigenvalue weighted by Crippen LogP contribution is 2.39. The van der Waals surface area contributed by atoms with Crippen molar-refractivity contribution in [3.8, 4) is 0 Å². The van der Waals surface area contributed by atoms with Crippen LogP contribution in [0.4, 0.5) is 0 Å². The van der Waals surface area contributed by atoms with E-state index in [9.17, 15) is 28.8 Å². The van der Waals surface area contributed by atoms with Gasteiger partial charge in [0.05, 0.1) is 46.5 Å². The Hall–Kier alpha value is -5.56. The van der Waals surface area contributed by atoms with Crippen LogP contribution in [0.25, 0.3) is 27.9 Å². The van der Waals surface area contributed by atoms with Crippen molar-refractivity contribution in [3.63, 3.8) is 0 Å². The molecular weight excluding hydrogens is 856 g/mol. The molecule has 0 aliphatic heterocycles. The van der Waals surface area contributed by atoms with E-state index in [0.717, 1.165) is 37.5 Å². The summed E-state index contributed by atoms with van der Waals surface area (Å²) >= 11 is 3.41. The van der Waals surface area contributed by atoms with Gasteiger partial charge < -0.3 is 18.9 Å². The summed E-state index contributed by atoms with van der Waals surface area (Å²) in [6, 6.07) is 19.4. The fraction of sp³-hybridized carbons (Fsp3) is 0.429. The lowest BCUT2D eigenvalue weighted by molar-refractivity contribution is -0.155. The third-order valence-electron chi connectivity index (χ3n) is 10.7. The van der Waals surface area contributed by atoms with Crippen molar-refractivity contribution >= 4 is 79.3 Å².